The van der Waals surface area contributed by atoms with Gasteiger partial charge in [-0.25, -0.2) is 0 Å². The van der Waals surface area contributed by atoms with Gasteiger partial charge in [-0.3, -0.25) is 5.43 Å². The molecular formula is C13H20N4O3S. The lowest BCUT2D eigenvalue weighted by Gasteiger charge is -2.15. The molecule has 2 rings (SSSR count). The van der Waals surface area contributed by atoms with Crippen LogP contribution in [0.5, 0.6) is 11.5 Å². The number of hydrazone groups is 1. The molecule has 7 nitrogen and oxygen atoms in total. The molecule has 0 radical (unpaired) electrons. The van der Waals surface area contributed by atoms with Crippen LogP contribution in [0.1, 0.15) is 11.8 Å². The van der Waals surface area contributed by atoms with Gasteiger partial charge >= 0.3 is 0 Å². The number of hydrogen-bond donors (Lipinski definition) is 3. The second-order valence-corrected chi connectivity index (χ2v) is 4.98. The minimum absolute atomic E-state index is 0.353. The first-order valence-electron chi connectivity index (χ1n) is 6.61. The van der Waals surface area contributed by atoms with E-state index < -0.39 is 0 Å². The number of ether oxygens (including phenoxy) is 3. The highest BCUT2D eigenvalue weighted by Crippen LogP contribution is 2.30. The molecule has 0 saturated heterocycles. The predicted octanol–water partition coefficient (Wildman–Crippen LogP) is 0.614. The van der Waals surface area contributed by atoms with E-state index in [0.717, 1.165) is 5.56 Å². The summed E-state index contributed by atoms with van der Waals surface area (Å²) < 4.78 is 16.8. The maximum absolute atomic E-state index is 5.66. The molecule has 116 valence electrons. The van der Waals surface area contributed by atoms with Gasteiger partial charge in [-0.15, -0.1) is 5.10 Å². The Bertz CT molecular complexity index is 472. The summed E-state index contributed by atoms with van der Waals surface area (Å²) in [6, 6.07) is 5.56. The standard InChI is InChI=1S/C13H20N4O3S/c1-21-13-17-16-12(20-13)9-6-10(18-4-2-14)8-11(7-9)19-5-3-15/h6-8,12,16H,2-5,14-15H2,1H3. The van der Waals surface area contributed by atoms with Crippen LogP contribution in [0.3, 0.4) is 0 Å². The van der Waals surface area contributed by atoms with Gasteiger partial charge in [0.15, 0.2) is 0 Å². The molecule has 1 aromatic rings. The lowest BCUT2D eigenvalue weighted by Crippen LogP contribution is -2.15. The number of benzene rings is 1. The van der Waals surface area contributed by atoms with E-state index in [1.54, 1.807) is 6.07 Å². The zero-order chi connectivity index (χ0) is 15.1. The Kier molecular flexibility index (Phi) is 5.97. The summed E-state index contributed by atoms with van der Waals surface area (Å²) in [6.45, 7) is 1.76. The normalized spacial score (nSPS) is 16.9. The van der Waals surface area contributed by atoms with Crippen molar-refractivity contribution in [3.63, 3.8) is 0 Å². The minimum Gasteiger partial charge on any atom is -0.492 e. The topological polar surface area (TPSA) is 104 Å². The summed E-state index contributed by atoms with van der Waals surface area (Å²) in [5, 5.41) is 4.68. The van der Waals surface area contributed by atoms with Crippen molar-refractivity contribution in [1.82, 2.24) is 5.43 Å². The summed E-state index contributed by atoms with van der Waals surface area (Å²) in [6.07, 6.45) is 1.55. The van der Waals surface area contributed by atoms with Gasteiger partial charge in [-0.1, -0.05) is 11.8 Å². The second-order valence-electron chi connectivity index (χ2n) is 4.22. The van der Waals surface area contributed by atoms with Gasteiger partial charge in [0.1, 0.15) is 24.7 Å². The van der Waals surface area contributed by atoms with Crippen LogP contribution < -0.4 is 26.4 Å². The fourth-order valence-electron chi connectivity index (χ4n) is 1.77. The number of nitrogens with two attached hydrogens (primary N) is 2. The second kappa shape index (κ2) is 7.96. The summed E-state index contributed by atoms with van der Waals surface area (Å²) in [4.78, 5) is 0. The predicted molar refractivity (Wildman–Crippen MR) is 83.5 cm³/mol. The molecule has 1 aliphatic heterocycles. The monoisotopic (exact) mass is 312 g/mol. The molecule has 0 spiro atoms. The van der Waals surface area contributed by atoms with Gasteiger partial charge in [0.2, 0.25) is 6.23 Å². The maximum atomic E-state index is 5.66. The smallest absolute Gasteiger partial charge is 0.269 e. The fraction of sp³-hybridized carbons (Fsp3) is 0.462. The zero-order valence-electron chi connectivity index (χ0n) is 11.9. The highest BCUT2D eigenvalue weighted by atomic mass is 32.2. The summed E-state index contributed by atoms with van der Waals surface area (Å²) in [7, 11) is 0. The Balaban J connectivity index is 2.14. The third-order valence-corrected chi connectivity index (χ3v) is 3.18. The van der Waals surface area contributed by atoms with E-state index in [0.29, 0.717) is 43.0 Å². The molecule has 21 heavy (non-hydrogen) atoms. The Morgan fingerprint density at radius 3 is 2.29 bits per heavy atom. The molecule has 1 unspecified atom stereocenters. The molecule has 0 aliphatic carbocycles. The van der Waals surface area contributed by atoms with Crippen LogP contribution in [0, 0.1) is 0 Å². The molecule has 0 saturated carbocycles. The molecule has 1 heterocycles. The molecule has 0 amide bonds. The van der Waals surface area contributed by atoms with E-state index in [1.807, 2.05) is 18.4 Å². The zero-order valence-corrected chi connectivity index (χ0v) is 12.7. The third-order valence-electron chi connectivity index (χ3n) is 2.64. The molecule has 1 aliphatic rings. The first kappa shape index (κ1) is 15.7. The molecule has 0 bridgehead atoms. The Morgan fingerprint density at radius 2 is 1.81 bits per heavy atom. The highest BCUT2D eigenvalue weighted by Gasteiger charge is 2.22. The maximum Gasteiger partial charge on any atom is 0.269 e. The Labute approximate surface area is 128 Å². The highest BCUT2D eigenvalue weighted by molar-refractivity contribution is 8.12. The van der Waals surface area contributed by atoms with E-state index in [2.05, 4.69) is 10.5 Å². The molecule has 5 N–H and O–H groups in total. The van der Waals surface area contributed by atoms with Crippen molar-refractivity contribution in [1.29, 1.82) is 0 Å². The number of rotatable bonds is 7. The van der Waals surface area contributed by atoms with Crippen LogP contribution >= 0.6 is 11.8 Å². The van der Waals surface area contributed by atoms with Crippen molar-refractivity contribution < 1.29 is 14.2 Å². The lowest BCUT2D eigenvalue weighted by molar-refractivity contribution is 0.195. The first-order valence-corrected chi connectivity index (χ1v) is 7.84. The van der Waals surface area contributed by atoms with Crippen molar-refractivity contribution in [2.45, 2.75) is 6.23 Å². The third kappa shape index (κ3) is 4.42. The molecule has 0 aromatic heterocycles. The number of hydrogen-bond acceptors (Lipinski definition) is 8. The van der Waals surface area contributed by atoms with Crippen LogP contribution in [-0.2, 0) is 4.74 Å². The lowest BCUT2D eigenvalue weighted by atomic mass is 10.1. The number of nitrogens with one attached hydrogen (secondary N) is 1. The average Bonchev–Trinajstić information content (AvgIpc) is 3.00. The molecule has 0 fully saturated rings. The fourth-order valence-corrected chi connectivity index (χ4v) is 2.10. The Hall–Kier alpha value is -1.64. The van der Waals surface area contributed by atoms with E-state index in [-0.39, 0.29) is 6.23 Å². The summed E-state index contributed by atoms with van der Waals surface area (Å²) >= 11 is 1.44. The van der Waals surface area contributed by atoms with Crippen molar-refractivity contribution in [2.75, 3.05) is 32.6 Å². The quantitative estimate of drug-likeness (QED) is 0.677. The van der Waals surface area contributed by atoms with Gasteiger partial charge in [0.05, 0.1) is 0 Å². The van der Waals surface area contributed by atoms with Crippen molar-refractivity contribution >= 4 is 17.0 Å². The number of nitrogens with zero attached hydrogens (tertiary/aromatic N) is 1. The molecule has 1 aromatic carbocycles. The van der Waals surface area contributed by atoms with E-state index >= 15 is 0 Å². The van der Waals surface area contributed by atoms with Gasteiger partial charge in [0.25, 0.3) is 5.23 Å². The minimum atomic E-state index is -0.353. The van der Waals surface area contributed by atoms with Gasteiger partial charge in [-0.2, -0.15) is 0 Å². The molecular weight excluding hydrogens is 292 g/mol. The van der Waals surface area contributed by atoms with Crippen LogP contribution in [0.4, 0.5) is 0 Å². The van der Waals surface area contributed by atoms with Crippen molar-refractivity contribution in [3.05, 3.63) is 23.8 Å². The van der Waals surface area contributed by atoms with Crippen LogP contribution in [0.15, 0.2) is 23.3 Å². The van der Waals surface area contributed by atoms with E-state index in [1.165, 1.54) is 11.8 Å². The van der Waals surface area contributed by atoms with Gasteiger partial charge < -0.3 is 25.7 Å². The number of thioether (sulfide) groups is 1. The van der Waals surface area contributed by atoms with Crippen molar-refractivity contribution in [2.24, 2.45) is 16.6 Å². The largest absolute Gasteiger partial charge is 0.492 e. The van der Waals surface area contributed by atoms with E-state index in [4.69, 9.17) is 25.7 Å². The summed E-state index contributed by atoms with van der Waals surface area (Å²) in [5.74, 6) is 1.35. The first-order chi connectivity index (χ1) is 10.3. The van der Waals surface area contributed by atoms with Crippen molar-refractivity contribution in [3.8, 4) is 11.5 Å². The van der Waals surface area contributed by atoms with Gasteiger partial charge in [-0.05, 0) is 18.4 Å². The molecule has 8 heteroatoms. The SMILES string of the molecule is CSC1=NNC(c2cc(OCCN)cc(OCCN)c2)O1. The van der Waals surface area contributed by atoms with Crippen LogP contribution in [-0.4, -0.2) is 37.8 Å². The summed E-state index contributed by atoms with van der Waals surface area (Å²) in [5.41, 5.74) is 14.7. The van der Waals surface area contributed by atoms with Crippen LogP contribution in [0.25, 0.3) is 0 Å². The van der Waals surface area contributed by atoms with E-state index in [9.17, 15) is 0 Å². The van der Waals surface area contributed by atoms with Crippen LogP contribution in [0.2, 0.25) is 0 Å². The average molecular weight is 312 g/mol. The molecule has 1 atom stereocenters. The van der Waals surface area contributed by atoms with Gasteiger partial charge in [0, 0.05) is 24.7 Å². The Morgan fingerprint density at radius 1 is 1.19 bits per heavy atom.